The fourth-order valence-electron chi connectivity index (χ4n) is 3.49. The molecule has 4 nitrogen and oxygen atoms in total. The number of nitriles is 1. The molecule has 0 spiro atoms. The van der Waals surface area contributed by atoms with Crippen LogP contribution in [0.15, 0.2) is 54.6 Å². The highest BCUT2D eigenvalue weighted by Crippen LogP contribution is 2.25. The van der Waals surface area contributed by atoms with Crippen molar-refractivity contribution in [3.8, 4) is 34.3 Å². The highest BCUT2D eigenvalue weighted by molar-refractivity contribution is 5.68. The summed E-state index contributed by atoms with van der Waals surface area (Å²) in [5, 5.41) is 16.4. The zero-order valence-electron chi connectivity index (χ0n) is 17.9. The summed E-state index contributed by atoms with van der Waals surface area (Å²) < 4.78 is 5.88. The number of unbranched alkanes of at least 4 members (excludes halogenated alkanes) is 7. The molecule has 3 rings (SSSR count). The number of aromatic amines is 1. The van der Waals surface area contributed by atoms with Gasteiger partial charge in [-0.2, -0.15) is 10.4 Å². The molecule has 0 saturated heterocycles. The minimum atomic E-state index is 0.654. The van der Waals surface area contributed by atoms with Gasteiger partial charge in [-0.1, -0.05) is 64.0 Å². The number of nitrogens with zero attached hydrogens (tertiary/aromatic N) is 2. The number of rotatable bonds is 12. The van der Waals surface area contributed by atoms with Crippen LogP contribution in [0.25, 0.3) is 22.5 Å². The molecule has 1 aromatic heterocycles. The van der Waals surface area contributed by atoms with E-state index in [2.05, 4.69) is 23.2 Å². The van der Waals surface area contributed by atoms with Crippen LogP contribution in [0.3, 0.4) is 0 Å². The van der Waals surface area contributed by atoms with E-state index in [1.54, 1.807) is 0 Å². The summed E-state index contributed by atoms with van der Waals surface area (Å²) in [5.74, 6) is 0.907. The van der Waals surface area contributed by atoms with Gasteiger partial charge in [0.2, 0.25) is 0 Å². The third kappa shape index (κ3) is 6.49. The predicted molar refractivity (Wildman–Crippen MR) is 122 cm³/mol. The molecule has 2 aromatic carbocycles. The van der Waals surface area contributed by atoms with Crippen molar-refractivity contribution >= 4 is 0 Å². The largest absolute Gasteiger partial charge is 0.494 e. The lowest BCUT2D eigenvalue weighted by atomic mass is 10.1. The number of aromatic nitrogens is 2. The van der Waals surface area contributed by atoms with Crippen molar-refractivity contribution in [1.82, 2.24) is 10.2 Å². The maximum absolute atomic E-state index is 8.92. The van der Waals surface area contributed by atoms with Crippen LogP contribution >= 0.6 is 0 Å². The average molecular weight is 402 g/mol. The maximum atomic E-state index is 8.92. The highest BCUT2D eigenvalue weighted by atomic mass is 16.5. The molecule has 156 valence electrons. The minimum Gasteiger partial charge on any atom is -0.494 e. The molecule has 0 unspecified atom stereocenters. The lowest BCUT2D eigenvalue weighted by molar-refractivity contribution is 0.304. The van der Waals surface area contributed by atoms with Crippen molar-refractivity contribution in [2.75, 3.05) is 6.61 Å². The predicted octanol–water partition coefficient (Wildman–Crippen LogP) is 7.13. The van der Waals surface area contributed by atoms with Crippen LogP contribution in [0, 0.1) is 11.3 Å². The Balaban J connectivity index is 1.43. The van der Waals surface area contributed by atoms with E-state index in [-0.39, 0.29) is 0 Å². The van der Waals surface area contributed by atoms with Gasteiger partial charge in [-0.25, -0.2) is 0 Å². The topological polar surface area (TPSA) is 61.7 Å². The van der Waals surface area contributed by atoms with Crippen LogP contribution in [0.1, 0.15) is 63.9 Å². The van der Waals surface area contributed by atoms with Crippen molar-refractivity contribution in [3.05, 3.63) is 60.2 Å². The Hall–Kier alpha value is -3.06. The number of ether oxygens (including phenoxy) is 1. The van der Waals surface area contributed by atoms with Crippen LogP contribution < -0.4 is 4.74 Å². The Bertz CT molecular complexity index is 920. The number of benzene rings is 2. The molecular weight excluding hydrogens is 370 g/mol. The average Bonchev–Trinajstić information content (AvgIpc) is 3.29. The second-order valence-electron chi connectivity index (χ2n) is 7.70. The van der Waals surface area contributed by atoms with E-state index >= 15 is 0 Å². The number of hydrogen-bond donors (Lipinski definition) is 1. The molecule has 1 heterocycles. The minimum absolute atomic E-state index is 0.654. The third-order valence-corrected chi connectivity index (χ3v) is 5.32. The monoisotopic (exact) mass is 401 g/mol. The first-order valence-corrected chi connectivity index (χ1v) is 11.1. The van der Waals surface area contributed by atoms with E-state index in [9.17, 15) is 0 Å². The molecule has 0 amide bonds. The number of nitrogens with one attached hydrogen (secondary N) is 1. The first-order chi connectivity index (χ1) is 14.8. The van der Waals surface area contributed by atoms with Crippen molar-refractivity contribution in [1.29, 1.82) is 5.26 Å². The van der Waals surface area contributed by atoms with Gasteiger partial charge in [0.15, 0.2) is 0 Å². The second kappa shape index (κ2) is 11.8. The lowest BCUT2D eigenvalue weighted by Gasteiger charge is -2.07. The molecule has 0 saturated carbocycles. The Kier molecular flexibility index (Phi) is 8.53. The molecule has 0 fully saturated rings. The van der Waals surface area contributed by atoms with Crippen molar-refractivity contribution in [3.63, 3.8) is 0 Å². The first kappa shape index (κ1) is 21.6. The van der Waals surface area contributed by atoms with Gasteiger partial charge in [-0.3, -0.25) is 5.10 Å². The molecule has 0 aliphatic carbocycles. The van der Waals surface area contributed by atoms with E-state index in [0.717, 1.165) is 41.3 Å². The molecule has 3 aromatic rings. The zero-order valence-corrected chi connectivity index (χ0v) is 17.9. The molecule has 0 radical (unpaired) electrons. The molecule has 0 bridgehead atoms. The van der Waals surface area contributed by atoms with E-state index < -0.39 is 0 Å². The third-order valence-electron chi connectivity index (χ3n) is 5.32. The Labute approximate surface area is 179 Å². The van der Waals surface area contributed by atoms with Gasteiger partial charge >= 0.3 is 0 Å². The Morgan fingerprint density at radius 1 is 0.833 bits per heavy atom. The first-order valence-electron chi connectivity index (χ1n) is 11.1. The van der Waals surface area contributed by atoms with Crippen molar-refractivity contribution < 1.29 is 4.74 Å². The molecule has 1 N–H and O–H groups in total. The van der Waals surface area contributed by atoms with Gasteiger partial charge in [0, 0.05) is 5.56 Å². The summed E-state index contributed by atoms with van der Waals surface area (Å²) >= 11 is 0. The fourth-order valence-corrected chi connectivity index (χ4v) is 3.49. The molecule has 4 heteroatoms. The summed E-state index contributed by atoms with van der Waals surface area (Å²) in [6, 6.07) is 19.8. The van der Waals surface area contributed by atoms with Crippen LogP contribution in [-0.4, -0.2) is 16.8 Å². The van der Waals surface area contributed by atoms with Gasteiger partial charge in [-0.15, -0.1) is 0 Å². The molecule has 30 heavy (non-hydrogen) atoms. The Morgan fingerprint density at radius 2 is 1.47 bits per heavy atom. The molecular formula is C26H31N3O. The summed E-state index contributed by atoms with van der Waals surface area (Å²) in [7, 11) is 0. The highest BCUT2D eigenvalue weighted by Gasteiger charge is 2.06. The number of H-pyrrole nitrogens is 1. The Morgan fingerprint density at radius 3 is 2.13 bits per heavy atom. The van der Waals surface area contributed by atoms with Crippen molar-refractivity contribution in [2.24, 2.45) is 0 Å². The second-order valence-corrected chi connectivity index (χ2v) is 7.70. The van der Waals surface area contributed by atoms with E-state index in [1.807, 2.05) is 54.6 Å². The standard InChI is InChI=1S/C26H31N3O/c1-2-3-4-5-6-7-8-9-18-30-24-16-14-23(15-17-24)26-19-25(28-29-26)22-12-10-21(20-27)11-13-22/h10-17,19H,2-9,18H2,1H3,(H,28,29). The van der Waals surface area contributed by atoms with Crippen LogP contribution in [0.4, 0.5) is 0 Å². The van der Waals surface area contributed by atoms with Crippen LogP contribution in [0.5, 0.6) is 5.75 Å². The summed E-state index contributed by atoms with van der Waals surface area (Å²) in [4.78, 5) is 0. The molecule has 0 aliphatic heterocycles. The summed E-state index contributed by atoms with van der Waals surface area (Å²) in [5.41, 5.74) is 4.54. The van der Waals surface area contributed by atoms with Gasteiger partial charge < -0.3 is 4.74 Å². The van der Waals surface area contributed by atoms with E-state index in [4.69, 9.17) is 10.00 Å². The van der Waals surface area contributed by atoms with Crippen LogP contribution in [-0.2, 0) is 0 Å². The zero-order chi connectivity index (χ0) is 21.0. The van der Waals surface area contributed by atoms with E-state index in [0.29, 0.717) is 5.56 Å². The smallest absolute Gasteiger partial charge is 0.119 e. The molecule has 0 aliphatic rings. The van der Waals surface area contributed by atoms with Gasteiger partial charge in [0.1, 0.15) is 5.75 Å². The normalized spacial score (nSPS) is 10.7. The summed E-state index contributed by atoms with van der Waals surface area (Å²) in [6.07, 6.45) is 10.5. The molecule has 0 atom stereocenters. The van der Waals surface area contributed by atoms with E-state index in [1.165, 1.54) is 44.9 Å². The van der Waals surface area contributed by atoms with Gasteiger partial charge in [-0.05, 0) is 54.4 Å². The fraction of sp³-hybridized carbons (Fsp3) is 0.385. The summed E-state index contributed by atoms with van der Waals surface area (Å²) in [6.45, 7) is 3.03. The van der Waals surface area contributed by atoms with Gasteiger partial charge in [0.05, 0.1) is 29.6 Å². The van der Waals surface area contributed by atoms with Crippen molar-refractivity contribution in [2.45, 2.75) is 58.3 Å². The van der Waals surface area contributed by atoms with Crippen LogP contribution in [0.2, 0.25) is 0 Å². The SMILES string of the molecule is CCCCCCCCCCOc1ccc(-c2cc(-c3ccc(C#N)cc3)[nH]n2)cc1. The maximum Gasteiger partial charge on any atom is 0.119 e. The number of hydrogen-bond acceptors (Lipinski definition) is 3. The van der Waals surface area contributed by atoms with Gasteiger partial charge in [0.25, 0.3) is 0 Å². The quantitative estimate of drug-likeness (QED) is 0.328. The lowest BCUT2D eigenvalue weighted by Crippen LogP contribution is -1.97.